The number of hydrogen-bond donors (Lipinski definition) is 0. The molecule has 2 rings (SSSR count). The molecule has 0 aliphatic rings. The van der Waals surface area contributed by atoms with Crippen LogP contribution in [0.25, 0.3) is 5.57 Å². The third-order valence-electron chi connectivity index (χ3n) is 3.01. The maximum Gasteiger partial charge on any atom is 0.341 e. The maximum absolute atomic E-state index is 11.9. The highest BCUT2D eigenvalue weighted by Crippen LogP contribution is 2.22. The molecule has 0 spiro atoms. The van der Waals surface area contributed by atoms with Crippen molar-refractivity contribution in [3.63, 3.8) is 0 Å². The van der Waals surface area contributed by atoms with Gasteiger partial charge in [-0.05, 0) is 17.2 Å². The Bertz CT molecular complexity index is 715. The van der Waals surface area contributed by atoms with Crippen molar-refractivity contribution in [2.75, 3.05) is 14.2 Å². The van der Waals surface area contributed by atoms with Gasteiger partial charge in [0.2, 0.25) is 5.88 Å². The Morgan fingerprint density at radius 2 is 1.96 bits per heavy atom. The standard InChI is InChI=1S/C17H16ClNO4/c1-21-11-14(17(20)22-2)13-7-4-3-6-12(13)10-23-16-9-5-8-15(18)19-16/h3-9,11H,10H2,1-2H3. The Morgan fingerprint density at radius 3 is 2.65 bits per heavy atom. The number of esters is 1. The van der Waals surface area contributed by atoms with Crippen LogP contribution in [-0.4, -0.2) is 25.2 Å². The second-order valence-electron chi connectivity index (χ2n) is 4.50. The Morgan fingerprint density at radius 1 is 1.17 bits per heavy atom. The fourth-order valence-electron chi connectivity index (χ4n) is 1.98. The number of carbonyl (C=O) groups is 1. The van der Waals surface area contributed by atoms with Gasteiger partial charge in [-0.25, -0.2) is 9.78 Å². The van der Waals surface area contributed by atoms with Gasteiger partial charge in [0.1, 0.15) is 17.3 Å². The zero-order chi connectivity index (χ0) is 16.7. The van der Waals surface area contributed by atoms with Gasteiger partial charge in [0, 0.05) is 6.07 Å². The highest BCUT2D eigenvalue weighted by atomic mass is 35.5. The number of ether oxygens (including phenoxy) is 3. The lowest BCUT2D eigenvalue weighted by Gasteiger charge is -2.12. The number of benzene rings is 1. The van der Waals surface area contributed by atoms with E-state index in [1.807, 2.05) is 18.2 Å². The summed E-state index contributed by atoms with van der Waals surface area (Å²) in [5.41, 5.74) is 1.78. The maximum atomic E-state index is 11.9. The van der Waals surface area contributed by atoms with Crippen LogP contribution in [0.4, 0.5) is 0 Å². The molecule has 1 heterocycles. The molecule has 1 aromatic carbocycles. The second kappa shape index (κ2) is 8.19. The van der Waals surface area contributed by atoms with E-state index in [9.17, 15) is 4.79 Å². The third kappa shape index (κ3) is 4.47. The molecule has 0 fully saturated rings. The molecule has 1 aromatic heterocycles. The Balaban J connectivity index is 2.26. The smallest absolute Gasteiger partial charge is 0.341 e. The molecule has 0 amide bonds. The summed E-state index contributed by atoms with van der Waals surface area (Å²) in [6, 6.07) is 12.5. The summed E-state index contributed by atoms with van der Waals surface area (Å²) in [7, 11) is 2.79. The van der Waals surface area contributed by atoms with Gasteiger partial charge in [-0.2, -0.15) is 0 Å². The van der Waals surface area contributed by atoms with E-state index in [2.05, 4.69) is 4.98 Å². The topological polar surface area (TPSA) is 57.7 Å². The number of carbonyl (C=O) groups excluding carboxylic acids is 1. The van der Waals surface area contributed by atoms with Gasteiger partial charge in [-0.1, -0.05) is 41.9 Å². The molecule has 120 valence electrons. The van der Waals surface area contributed by atoms with Crippen LogP contribution in [0.15, 0.2) is 48.7 Å². The number of halogens is 1. The molecule has 5 nitrogen and oxygen atoms in total. The number of nitrogens with zero attached hydrogens (tertiary/aromatic N) is 1. The lowest BCUT2D eigenvalue weighted by molar-refractivity contribution is -0.133. The van der Waals surface area contributed by atoms with Gasteiger partial charge in [0.15, 0.2) is 0 Å². The number of pyridine rings is 1. The lowest BCUT2D eigenvalue weighted by Crippen LogP contribution is -2.08. The molecule has 0 saturated heterocycles. The van der Waals surface area contributed by atoms with Crippen molar-refractivity contribution in [3.8, 4) is 5.88 Å². The highest BCUT2D eigenvalue weighted by molar-refractivity contribution is 6.29. The molecule has 2 aromatic rings. The van der Waals surface area contributed by atoms with E-state index in [1.165, 1.54) is 20.5 Å². The average Bonchev–Trinajstić information content (AvgIpc) is 2.58. The fourth-order valence-corrected chi connectivity index (χ4v) is 2.14. The summed E-state index contributed by atoms with van der Waals surface area (Å²) >= 11 is 5.83. The zero-order valence-corrected chi connectivity index (χ0v) is 13.5. The van der Waals surface area contributed by atoms with Crippen LogP contribution in [0.1, 0.15) is 11.1 Å². The number of hydrogen-bond acceptors (Lipinski definition) is 5. The molecule has 6 heteroatoms. The molecule has 0 aliphatic heterocycles. The van der Waals surface area contributed by atoms with Crippen molar-refractivity contribution in [2.24, 2.45) is 0 Å². The summed E-state index contributed by atoms with van der Waals surface area (Å²) in [6.45, 7) is 0.224. The first-order chi connectivity index (χ1) is 11.2. The Hall–Kier alpha value is -2.53. The van der Waals surface area contributed by atoms with Gasteiger partial charge in [0.25, 0.3) is 0 Å². The van der Waals surface area contributed by atoms with Gasteiger partial charge in [-0.3, -0.25) is 0 Å². The first kappa shape index (κ1) is 16.8. The van der Waals surface area contributed by atoms with Crippen molar-refractivity contribution in [2.45, 2.75) is 6.61 Å². The quantitative estimate of drug-likeness (QED) is 0.350. The first-order valence-corrected chi connectivity index (χ1v) is 7.18. The van der Waals surface area contributed by atoms with E-state index < -0.39 is 5.97 Å². The monoisotopic (exact) mass is 333 g/mol. The minimum Gasteiger partial charge on any atom is -0.503 e. The highest BCUT2D eigenvalue weighted by Gasteiger charge is 2.16. The van der Waals surface area contributed by atoms with Crippen molar-refractivity contribution in [1.29, 1.82) is 0 Å². The van der Waals surface area contributed by atoms with E-state index in [4.69, 9.17) is 25.8 Å². The van der Waals surface area contributed by atoms with Crippen LogP contribution in [0.3, 0.4) is 0 Å². The Kier molecular flexibility index (Phi) is 6.00. The SMILES string of the molecule is COC=C(C(=O)OC)c1ccccc1COc1cccc(Cl)n1. The fraction of sp³-hybridized carbons (Fsp3) is 0.176. The van der Waals surface area contributed by atoms with Gasteiger partial charge in [-0.15, -0.1) is 0 Å². The summed E-state index contributed by atoms with van der Waals surface area (Å²) in [6.07, 6.45) is 1.35. The first-order valence-electron chi connectivity index (χ1n) is 6.80. The van der Waals surface area contributed by atoms with Crippen molar-refractivity contribution >= 4 is 23.1 Å². The molecule has 0 atom stereocenters. The van der Waals surface area contributed by atoms with E-state index in [-0.39, 0.29) is 6.61 Å². The van der Waals surface area contributed by atoms with Crippen molar-refractivity contribution in [1.82, 2.24) is 4.98 Å². The molecule has 0 bridgehead atoms. The normalized spacial score (nSPS) is 11.0. The molecule has 0 aliphatic carbocycles. The number of aromatic nitrogens is 1. The van der Waals surface area contributed by atoms with Gasteiger partial charge < -0.3 is 14.2 Å². The predicted octanol–water partition coefficient (Wildman–Crippen LogP) is 3.47. The third-order valence-corrected chi connectivity index (χ3v) is 3.22. The van der Waals surface area contributed by atoms with Crippen LogP contribution >= 0.6 is 11.6 Å². The van der Waals surface area contributed by atoms with Crippen LogP contribution in [0.5, 0.6) is 5.88 Å². The van der Waals surface area contributed by atoms with Crippen molar-refractivity contribution < 1.29 is 19.0 Å². The minimum atomic E-state index is -0.486. The summed E-state index contributed by atoms with van der Waals surface area (Å²) < 4.78 is 15.4. The molecule has 0 N–H and O–H groups in total. The summed E-state index contributed by atoms with van der Waals surface area (Å²) in [4.78, 5) is 16.0. The summed E-state index contributed by atoms with van der Waals surface area (Å²) in [5.74, 6) is -0.0807. The molecule has 0 radical (unpaired) electrons. The largest absolute Gasteiger partial charge is 0.503 e. The zero-order valence-electron chi connectivity index (χ0n) is 12.8. The number of rotatable bonds is 6. The Labute approximate surface area is 139 Å². The van der Waals surface area contributed by atoms with Crippen LogP contribution in [0.2, 0.25) is 5.15 Å². The molecular formula is C17H16ClNO4. The van der Waals surface area contributed by atoms with Crippen molar-refractivity contribution in [3.05, 3.63) is 65.0 Å². The van der Waals surface area contributed by atoms with Crippen LogP contribution in [0, 0.1) is 0 Å². The van der Waals surface area contributed by atoms with Crippen LogP contribution < -0.4 is 4.74 Å². The summed E-state index contributed by atoms with van der Waals surface area (Å²) in [5, 5.41) is 0.352. The minimum absolute atomic E-state index is 0.224. The molecule has 23 heavy (non-hydrogen) atoms. The van der Waals surface area contributed by atoms with Crippen LogP contribution in [-0.2, 0) is 20.9 Å². The lowest BCUT2D eigenvalue weighted by atomic mass is 10.0. The molecule has 0 saturated carbocycles. The van der Waals surface area contributed by atoms with E-state index in [0.29, 0.717) is 22.2 Å². The average molecular weight is 334 g/mol. The van der Waals surface area contributed by atoms with E-state index in [1.54, 1.807) is 24.3 Å². The predicted molar refractivity (Wildman–Crippen MR) is 87.0 cm³/mol. The molecular weight excluding hydrogens is 318 g/mol. The molecule has 0 unspecified atom stereocenters. The van der Waals surface area contributed by atoms with E-state index >= 15 is 0 Å². The second-order valence-corrected chi connectivity index (χ2v) is 4.89. The van der Waals surface area contributed by atoms with Gasteiger partial charge >= 0.3 is 5.97 Å². The van der Waals surface area contributed by atoms with E-state index in [0.717, 1.165) is 5.56 Å². The number of methoxy groups -OCH3 is 2. The van der Waals surface area contributed by atoms with Gasteiger partial charge in [0.05, 0.1) is 20.5 Å².